The van der Waals surface area contributed by atoms with Crippen LogP contribution in [-0.4, -0.2) is 90.0 Å². The molecule has 1 fully saturated rings. The summed E-state index contributed by atoms with van der Waals surface area (Å²) in [5, 5.41) is 11.8. The predicted octanol–water partition coefficient (Wildman–Crippen LogP) is -0.328. The van der Waals surface area contributed by atoms with Crippen LogP contribution in [0, 0.1) is 0 Å². The maximum Gasteiger partial charge on any atom is 0.216 e. The molecule has 2 aliphatic heterocycles. The number of sulfonamides is 1. The summed E-state index contributed by atoms with van der Waals surface area (Å²) < 4.78 is 34.0. The van der Waals surface area contributed by atoms with Crippen molar-refractivity contribution in [1.82, 2.24) is 29.3 Å². The molecule has 0 unspecified atom stereocenters. The highest BCUT2D eigenvalue weighted by Crippen LogP contribution is 2.14. The summed E-state index contributed by atoms with van der Waals surface area (Å²) in [7, 11) is -1.55. The van der Waals surface area contributed by atoms with E-state index in [-0.39, 0.29) is 18.5 Å². The molecule has 28 heavy (non-hydrogen) atoms. The molecule has 0 bridgehead atoms. The first-order valence-electron chi connectivity index (χ1n) is 9.86. The third-order valence-corrected chi connectivity index (χ3v) is 6.86. The molecule has 0 spiro atoms. The van der Waals surface area contributed by atoms with E-state index in [1.807, 2.05) is 13.8 Å². The molecule has 0 atom stereocenters. The number of hydrogen-bond donors (Lipinski definition) is 1. The molecule has 158 valence electrons. The van der Waals surface area contributed by atoms with E-state index in [4.69, 9.17) is 4.74 Å². The molecule has 0 aromatic carbocycles. The standard InChI is InChI=1S/C17H31N7O3S/c1-14(2)27-11-12-28(25,26)23-9-7-22(8-10-23)17(18-3)19-13-16-21-20-15-5-4-6-24(15)16/h14H,4-13H2,1-3H3,(H,18,19). The Bertz CT molecular complexity index is 783. The highest BCUT2D eigenvalue weighted by atomic mass is 32.2. The number of aromatic nitrogens is 3. The summed E-state index contributed by atoms with van der Waals surface area (Å²) in [6.45, 7) is 7.65. The number of fused-ring (bicyclic) bond motifs is 1. The molecule has 3 heterocycles. The Morgan fingerprint density at radius 3 is 2.64 bits per heavy atom. The lowest BCUT2D eigenvalue weighted by Crippen LogP contribution is -2.54. The van der Waals surface area contributed by atoms with E-state index in [0.29, 0.717) is 32.7 Å². The molecule has 2 aliphatic rings. The molecule has 10 nitrogen and oxygen atoms in total. The SMILES string of the molecule is CN=C(NCc1nnc2n1CCC2)N1CCN(S(=O)(=O)CCOC(C)C)CC1. The van der Waals surface area contributed by atoms with Gasteiger partial charge in [-0.3, -0.25) is 4.99 Å². The minimum atomic E-state index is -3.29. The highest BCUT2D eigenvalue weighted by Gasteiger charge is 2.28. The quantitative estimate of drug-likeness (QED) is 0.482. The first kappa shape index (κ1) is 21.0. The van der Waals surface area contributed by atoms with Crippen molar-refractivity contribution in [3.05, 3.63) is 11.6 Å². The number of piperazine rings is 1. The van der Waals surface area contributed by atoms with Gasteiger partial charge in [-0.25, -0.2) is 8.42 Å². The van der Waals surface area contributed by atoms with Gasteiger partial charge in [-0.05, 0) is 20.3 Å². The summed E-state index contributed by atoms with van der Waals surface area (Å²) >= 11 is 0. The van der Waals surface area contributed by atoms with Crippen LogP contribution in [0.4, 0.5) is 0 Å². The van der Waals surface area contributed by atoms with Gasteiger partial charge in [0.1, 0.15) is 5.82 Å². The van der Waals surface area contributed by atoms with Crippen LogP contribution in [0.5, 0.6) is 0 Å². The number of guanidine groups is 1. The zero-order valence-electron chi connectivity index (χ0n) is 17.0. The number of nitrogens with one attached hydrogen (secondary N) is 1. The Kier molecular flexibility index (Phi) is 6.89. The second kappa shape index (κ2) is 9.19. The third-order valence-electron chi connectivity index (χ3n) is 5.03. The van der Waals surface area contributed by atoms with Gasteiger partial charge >= 0.3 is 0 Å². The minimum Gasteiger partial charge on any atom is -0.378 e. The highest BCUT2D eigenvalue weighted by molar-refractivity contribution is 7.89. The van der Waals surface area contributed by atoms with E-state index in [9.17, 15) is 8.42 Å². The Morgan fingerprint density at radius 2 is 1.96 bits per heavy atom. The molecule has 0 aliphatic carbocycles. The van der Waals surface area contributed by atoms with Crippen molar-refractivity contribution < 1.29 is 13.2 Å². The van der Waals surface area contributed by atoms with Crippen LogP contribution in [0.15, 0.2) is 4.99 Å². The molecule has 11 heteroatoms. The molecule has 3 rings (SSSR count). The Labute approximate surface area is 167 Å². The predicted molar refractivity (Wildman–Crippen MR) is 107 cm³/mol. The van der Waals surface area contributed by atoms with Gasteiger partial charge in [-0.1, -0.05) is 0 Å². The van der Waals surface area contributed by atoms with Crippen molar-refractivity contribution >= 4 is 16.0 Å². The smallest absolute Gasteiger partial charge is 0.216 e. The molecule has 0 saturated carbocycles. The Morgan fingerprint density at radius 1 is 1.21 bits per heavy atom. The van der Waals surface area contributed by atoms with E-state index in [1.54, 1.807) is 11.4 Å². The van der Waals surface area contributed by atoms with Gasteiger partial charge in [0.2, 0.25) is 10.0 Å². The van der Waals surface area contributed by atoms with Crippen molar-refractivity contribution in [3.63, 3.8) is 0 Å². The molecule has 0 radical (unpaired) electrons. The summed E-state index contributed by atoms with van der Waals surface area (Å²) in [5.41, 5.74) is 0. The zero-order chi connectivity index (χ0) is 20.1. The fourth-order valence-corrected chi connectivity index (χ4v) is 4.81. The van der Waals surface area contributed by atoms with Crippen molar-refractivity contribution in [3.8, 4) is 0 Å². The number of hydrogen-bond acceptors (Lipinski definition) is 6. The van der Waals surface area contributed by atoms with Gasteiger partial charge in [0.15, 0.2) is 11.8 Å². The van der Waals surface area contributed by atoms with E-state index < -0.39 is 10.0 Å². The van der Waals surface area contributed by atoms with E-state index in [0.717, 1.165) is 37.0 Å². The van der Waals surface area contributed by atoms with Gasteiger partial charge in [-0.15, -0.1) is 10.2 Å². The number of aryl methyl sites for hydroxylation is 1. The molecule has 1 N–H and O–H groups in total. The average Bonchev–Trinajstić information content (AvgIpc) is 3.27. The van der Waals surface area contributed by atoms with Crippen molar-refractivity contribution in [2.75, 3.05) is 45.6 Å². The maximum absolute atomic E-state index is 12.5. The number of aliphatic imine (C=N–C) groups is 1. The second-order valence-electron chi connectivity index (χ2n) is 7.31. The third kappa shape index (κ3) is 5.00. The largest absolute Gasteiger partial charge is 0.378 e. The van der Waals surface area contributed by atoms with Crippen LogP contribution in [0.1, 0.15) is 31.9 Å². The summed E-state index contributed by atoms with van der Waals surface area (Å²) in [6, 6.07) is 0. The van der Waals surface area contributed by atoms with E-state index >= 15 is 0 Å². The molecule has 1 aromatic heterocycles. The first-order valence-corrected chi connectivity index (χ1v) is 11.5. The monoisotopic (exact) mass is 413 g/mol. The molecule has 1 saturated heterocycles. The Balaban J connectivity index is 1.48. The minimum absolute atomic E-state index is 0.0240. The number of nitrogens with zero attached hydrogens (tertiary/aromatic N) is 6. The lowest BCUT2D eigenvalue weighted by molar-refractivity contribution is 0.0904. The fraction of sp³-hybridized carbons (Fsp3) is 0.824. The van der Waals surface area contributed by atoms with E-state index in [2.05, 4.69) is 30.0 Å². The fourth-order valence-electron chi connectivity index (χ4n) is 3.53. The van der Waals surface area contributed by atoms with Crippen LogP contribution in [0.3, 0.4) is 0 Å². The van der Waals surface area contributed by atoms with Gasteiger partial charge in [0.25, 0.3) is 0 Å². The zero-order valence-corrected chi connectivity index (χ0v) is 17.8. The molecular formula is C17H31N7O3S. The number of ether oxygens (including phenoxy) is 1. The Hall–Kier alpha value is -1.72. The topological polar surface area (TPSA) is 105 Å². The van der Waals surface area contributed by atoms with Gasteiger partial charge in [-0.2, -0.15) is 4.31 Å². The maximum atomic E-state index is 12.5. The molecule has 1 aromatic rings. The van der Waals surface area contributed by atoms with Crippen molar-refractivity contribution in [2.24, 2.45) is 4.99 Å². The average molecular weight is 414 g/mol. The van der Waals surface area contributed by atoms with Gasteiger partial charge in [0.05, 0.1) is 25.0 Å². The van der Waals surface area contributed by atoms with Gasteiger partial charge < -0.3 is 19.5 Å². The normalized spacial score (nSPS) is 18.7. The summed E-state index contributed by atoms with van der Waals surface area (Å²) in [5.74, 6) is 2.75. The van der Waals surface area contributed by atoms with E-state index in [1.165, 1.54) is 0 Å². The van der Waals surface area contributed by atoms with Crippen LogP contribution in [0.2, 0.25) is 0 Å². The van der Waals surface area contributed by atoms with Crippen LogP contribution >= 0.6 is 0 Å². The van der Waals surface area contributed by atoms with Crippen molar-refractivity contribution in [2.45, 2.75) is 45.9 Å². The second-order valence-corrected chi connectivity index (χ2v) is 9.40. The lowest BCUT2D eigenvalue weighted by atomic mass is 10.4. The lowest BCUT2D eigenvalue weighted by Gasteiger charge is -2.35. The molecular weight excluding hydrogens is 382 g/mol. The van der Waals surface area contributed by atoms with Crippen molar-refractivity contribution in [1.29, 1.82) is 0 Å². The summed E-state index contributed by atoms with van der Waals surface area (Å²) in [4.78, 5) is 6.43. The van der Waals surface area contributed by atoms with Gasteiger partial charge in [0, 0.05) is 46.2 Å². The summed E-state index contributed by atoms with van der Waals surface area (Å²) in [6.07, 6.45) is 2.14. The van der Waals surface area contributed by atoms with Crippen LogP contribution < -0.4 is 5.32 Å². The van der Waals surface area contributed by atoms with Crippen LogP contribution in [-0.2, 0) is 34.3 Å². The van der Waals surface area contributed by atoms with Crippen LogP contribution in [0.25, 0.3) is 0 Å². The number of rotatable bonds is 7. The molecule has 0 amide bonds. The first-order chi connectivity index (χ1) is 13.4.